The van der Waals surface area contributed by atoms with Gasteiger partial charge in [0.2, 0.25) is 0 Å². The van der Waals surface area contributed by atoms with Crippen molar-refractivity contribution in [3.63, 3.8) is 0 Å². The molecule has 0 rings (SSSR count). The van der Waals surface area contributed by atoms with Crippen LogP contribution in [0.15, 0.2) is 5.16 Å². The molecule has 0 fully saturated rings. The fourth-order valence-electron chi connectivity index (χ4n) is 0.574. The first kappa shape index (κ1) is 9.14. The van der Waals surface area contributed by atoms with Crippen LogP contribution >= 0.6 is 0 Å². The standard InChI is InChI=1S/C7H13NO2/c1-5(2)4-7(9)6(3)8-10/h5,10H,4H2,1-3H3. The molecule has 0 amide bonds. The monoisotopic (exact) mass is 143 g/mol. The predicted molar refractivity (Wildman–Crippen MR) is 39.4 cm³/mol. The van der Waals surface area contributed by atoms with Gasteiger partial charge in [-0.05, 0) is 12.8 Å². The summed E-state index contributed by atoms with van der Waals surface area (Å²) >= 11 is 0. The van der Waals surface area contributed by atoms with Gasteiger partial charge in [0.1, 0.15) is 5.71 Å². The van der Waals surface area contributed by atoms with Crippen molar-refractivity contribution in [2.45, 2.75) is 27.2 Å². The number of carbonyl (C=O) groups is 1. The molecule has 3 heteroatoms. The van der Waals surface area contributed by atoms with E-state index in [2.05, 4.69) is 5.16 Å². The predicted octanol–water partition coefficient (Wildman–Crippen LogP) is 1.45. The van der Waals surface area contributed by atoms with Gasteiger partial charge < -0.3 is 5.21 Å². The largest absolute Gasteiger partial charge is 0.411 e. The van der Waals surface area contributed by atoms with E-state index in [9.17, 15) is 4.79 Å². The summed E-state index contributed by atoms with van der Waals surface area (Å²) in [6, 6.07) is 0. The van der Waals surface area contributed by atoms with Crippen LogP contribution in [0.1, 0.15) is 27.2 Å². The van der Waals surface area contributed by atoms with Gasteiger partial charge in [0, 0.05) is 6.42 Å². The quantitative estimate of drug-likeness (QED) is 0.369. The molecule has 3 nitrogen and oxygen atoms in total. The Kier molecular flexibility index (Phi) is 3.69. The lowest BCUT2D eigenvalue weighted by Gasteiger charge is -2.00. The SMILES string of the molecule is CC(=NO)C(=O)CC(C)C. The summed E-state index contributed by atoms with van der Waals surface area (Å²) in [5, 5.41) is 11.0. The lowest BCUT2D eigenvalue weighted by molar-refractivity contribution is -0.113. The Morgan fingerprint density at radius 2 is 2.10 bits per heavy atom. The molecule has 0 heterocycles. The second-order valence-electron chi connectivity index (χ2n) is 2.71. The minimum Gasteiger partial charge on any atom is -0.411 e. The van der Waals surface area contributed by atoms with Crippen molar-refractivity contribution >= 4 is 11.5 Å². The minimum absolute atomic E-state index is 0.0856. The molecule has 0 saturated carbocycles. The van der Waals surface area contributed by atoms with Crippen molar-refractivity contribution in [3.05, 3.63) is 0 Å². The van der Waals surface area contributed by atoms with Crippen LogP contribution in [-0.2, 0) is 4.79 Å². The Hall–Kier alpha value is -0.860. The highest BCUT2D eigenvalue weighted by Crippen LogP contribution is 2.00. The first-order valence-electron chi connectivity index (χ1n) is 3.29. The van der Waals surface area contributed by atoms with Gasteiger partial charge in [-0.2, -0.15) is 0 Å². The number of ketones is 1. The van der Waals surface area contributed by atoms with Gasteiger partial charge in [0.15, 0.2) is 5.78 Å². The summed E-state index contributed by atoms with van der Waals surface area (Å²) in [6.45, 7) is 5.40. The van der Waals surface area contributed by atoms with E-state index in [1.54, 1.807) is 0 Å². The molecule has 0 atom stereocenters. The van der Waals surface area contributed by atoms with Crippen LogP contribution in [0.4, 0.5) is 0 Å². The van der Waals surface area contributed by atoms with Crippen LogP contribution in [0.25, 0.3) is 0 Å². The molecule has 0 radical (unpaired) electrons. The van der Waals surface area contributed by atoms with Gasteiger partial charge in [-0.25, -0.2) is 0 Å². The lowest BCUT2D eigenvalue weighted by atomic mass is 10.1. The number of oxime groups is 1. The van der Waals surface area contributed by atoms with Crippen molar-refractivity contribution in [1.82, 2.24) is 0 Å². The summed E-state index contributed by atoms with van der Waals surface area (Å²) < 4.78 is 0. The first-order chi connectivity index (χ1) is 4.57. The zero-order valence-electron chi connectivity index (χ0n) is 6.59. The van der Waals surface area contributed by atoms with E-state index in [1.165, 1.54) is 6.92 Å². The molecule has 0 spiro atoms. The molecule has 1 N–H and O–H groups in total. The summed E-state index contributed by atoms with van der Waals surface area (Å²) in [5.41, 5.74) is 0.189. The Morgan fingerprint density at radius 1 is 1.60 bits per heavy atom. The number of Topliss-reactive ketones (excluding diaryl/α,β-unsaturated/α-hetero) is 1. The molecular formula is C7H13NO2. The zero-order valence-corrected chi connectivity index (χ0v) is 6.59. The maximum atomic E-state index is 10.9. The minimum atomic E-state index is -0.0856. The van der Waals surface area contributed by atoms with Crippen LogP contribution < -0.4 is 0 Å². The lowest BCUT2D eigenvalue weighted by Crippen LogP contribution is -2.12. The molecule has 0 aliphatic rings. The van der Waals surface area contributed by atoms with Gasteiger partial charge in [-0.3, -0.25) is 4.79 Å². The molecule has 0 aromatic rings. The molecule has 0 aliphatic heterocycles. The summed E-state index contributed by atoms with van der Waals surface area (Å²) in [5.74, 6) is 0.238. The maximum absolute atomic E-state index is 10.9. The number of carbonyl (C=O) groups excluding carboxylic acids is 1. The third kappa shape index (κ3) is 3.22. The topological polar surface area (TPSA) is 49.7 Å². The van der Waals surface area contributed by atoms with Gasteiger partial charge in [-0.15, -0.1) is 0 Å². The summed E-state index contributed by atoms with van der Waals surface area (Å²) in [4.78, 5) is 10.9. The van der Waals surface area contributed by atoms with Crippen LogP contribution in [-0.4, -0.2) is 16.7 Å². The summed E-state index contributed by atoms with van der Waals surface area (Å²) in [6.07, 6.45) is 0.454. The summed E-state index contributed by atoms with van der Waals surface area (Å²) in [7, 11) is 0. The van der Waals surface area contributed by atoms with Crippen molar-refractivity contribution in [2.24, 2.45) is 11.1 Å². The second-order valence-corrected chi connectivity index (χ2v) is 2.71. The molecule has 0 unspecified atom stereocenters. The van der Waals surface area contributed by atoms with E-state index in [1.807, 2.05) is 13.8 Å². The molecular weight excluding hydrogens is 130 g/mol. The Morgan fingerprint density at radius 3 is 2.40 bits per heavy atom. The molecule has 10 heavy (non-hydrogen) atoms. The molecule has 0 aliphatic carbocycles. The van der Waals surface area contributed by atoms with E-state index in [-0.39, 0.29) is 11.5 Å². The third-order valence-electron chi connectivity index (χ3n) is 1.15. The third-order valence-corrected chi connectivity index (χ3v) is 1.15. The highest BCUT2D eigenvalue weighted by atomic mass is 16.4. The van der Waals surface area contributed by atoms with Gasteiger partial charge in [0.25, 0.3) is 0 Å². The average molecular weight is 143 g/mol. The highest BCUT2D eigenvalue weighted by Gasteiger charge is 2.07. The Bertz CT molecular complexity index is 150. The van der Waals surface area contributed by atoms with Crippen molar-refractivity contribution < 1.29 is 10.0 Å². The van der Waals surface area contributed by atoms with Gasteiger partial charge >= 0.3 is 0 Å². The first-order valence-corrected chi connectivity index (χ1v) is 3.29. The van der Waals surface area contributed by atoms with Gasteiger partial charge in [-0.1, -0.05) is 19.0 Å². The molecule has 0 bridgehead atoms. The fourth-order valence-corrected chi connectivity index (χ4v) is 0.574. The van der Waals surface area contributed by atoms with E-state index < -0.39 is 0 Å². The molecule has 0 saturated heterocycles. The molecule has 0 aromatic carbocycles. The smallest absolute Gasteiger partial charge is 0.180 e. The number of rotatable bonds is 3. The second kappa shape index (κ2) is 4.04. The van der Waals surface area contributed by atoms with Crippen molar-refractivity contribution in [1.29, 1.82) is 0 Å². The normalized spacial score (nSPS) is 12.2. The van der Waals surface area contributed by atoms with Crippen LogP contribution in [0.5, 0.6) is 0 Å². The average Bonchev–Trinajstić information content (AvgIpc) is 1.85. The molecule has 58 valence electrons. The van der Waals surface area contributed by atoms with Crippen molar-refractivity contribution in [3.8, 4) is 0 Å². The van der Waals surface area contributed by atoms with Crippen LogP contribution in [0, 0.1) is 5.92 Å². The van der Waals surface area contributed by atoms with E-state index in [4.69, 9.17) is 5.21 Å². The van der Waals surface area contributed by atoms with Gasteiger partial charge in [0.05, 0.1) is 0 Å². The van der Waals surface area contributed by atoms with Crippen LogP contribution in [0.3, 0.4) is 0 Å². The maximum Gasteiger partial charge on any atom is 0.180 e. The van der Waals surface area contributed by atoms with Crippen molar-refractivity contribution in [2.75, 3.05) is 0 Å². The van der Waals surface area contributed by atoms with E-state index in [0.29, 0.717) is 12.3 Å². The fraction of sp³-hybridized carbons (Fsp3) is 0.714. The highest BCUT2D eigenvalue weighted by molar-refractivity contribution is 6.38. The zero-order chi connectivity index (χ0) is 8.15. The number of nitrogens with zero attached hydrogens (tertiary/aromatic N) is 1. The Labute approximate surface area is 60.7 Å². The number of hydrogen-bond acceptors (Lipinski definition) is 3. The van der Waals surface area contributed by atoms with Crippen LogP contribution in [0.2, 0.25) is 0 Å². The van der Waals surface area contributed by atoms with E-state index in [0.717, 1.165) is 0 Å². The number of hydrogen-bond donors (Lipinski definition) is 1. The van der Waals surface area contributed by atoms with E-state index >= 15 is 0 Å². The Balaban J connectivity index is 3.86. The molecule has 0 aromatic heterocycles.